The highest BCUT2D eigenvalue weighted by molar-refractivity contribution is 5.19. The van der Waals surface area contributed by atoms with Gasteiger partial charge in [0.1, 0.15) is 5.69 Å². The summed E-state index contributed by atoms with van der Waals surface area (Å²) in [4.78, 5) is 0. The first-order valence-corrected chi connectivity index (χ1v) is 3.89. The van der Waals surface area contributed by atoms with Crippen molar-refractivity contribution in [2.24, 2.45) is 7.05 Å². The van der Waals surface area contributed by atoms with Crippen LogP contribution in [0.15, 0.2) is 6.20 Å². The Morgan fingerprint density at radius 3 is 2.92 bits per heavy atom. The van der Waals surface area contributed by atoms with Crippen LogP contribution in [0.1, 0.15) is 24.1 Å². The van der Waals surface area contributed by atoms with Gasteiger partial charge in [-0.15, -0.1) is 12.3 Å². The molecule has 0 aliphatic carbocycles. The Hall–Kier alpha value is -1.37. The molecular formula is C9H10F2N2. The molecule has 0 unspecified atom stereocenters. The van der Waals surface area contributed by atoms with Crippen LogP contribution in [0, 0.1) is 12.3 Å². The fraction of sp³-hybridized carbons (Fsp3) is 0.444. The summed E-state index contributed by atoms with van der Waals surface area (Å²) in [7, 11) is 1.62. The number of terminal acetylenes is 1. The van der Waals surface area contributed by atoms with Crippen LogP contribution in [0.2, 0.25) is 0 Å². The van der Waals surface area contributed by atoms with Crippen LogP contribution < -0.4 is 0 Å². The van der Waals surface area contributed by atoms with Crippen molar-refractivity contribution in [3.05, 3.63) is 17.5 Å². The van der Waals surface area contributed by atoms with Gasteiger partial charge in [-0.2, -0.15) is 5.10 Å². The minimum absolute atomic E-state index is 0.155. The maximum atomic E-state index is 12.3. The smallest absolute Gasteiger partial charge is 0.275 e. The quantitative estimate of drug-likeness (QED) is 0.656. The SMILES string of the molecule is C#CCCc1cn(C)nc1C(F)F. The van der Waals surface area contributed by atoms with Crippen LogP contribution in [0.25, 0.3) is 0 Å². The van der Waals surface area contributed by atoms with Crippen molar-refractivity contribution in [2.45, 2.75) is 19.3 Å². The number of hydrogen-bond donors (Lipinski definition) is 0. The van der Waals surface area contributed by atoms with Gasteiger partial charge in [0.2, 0.25) is 0 Å². The van der Waals surface area contributed by atoms with Gasteiger partial charge in [0.15, 0.2) is 0 Å². The van der Waals surface area contributed by atoms with Crippen molar-refractivity contribution in [1.29, 1.82) is 0 Å². The van der Waals surface area contributed by atoms with E-state index in [2.05, 4.69) is 11.0 Å². The van der Waals surface area contributed by atoms with Gasteiger partial charge >= 0.3 is 0 Å². The Bertz CT molecular complexity index is 323. The topological polar surface area (TPSA) is 17.8 Å². The fourth-order valence-electron chi connectivity index (χ4n) is 1.14. The first-order chi connectivity index (χ1) is 6.15. The maximum absolute atomic E-state index is 12.3. The average molecular weight is 184 g/mol. The molecule has 0 saturated carbocycles. The number of hydrogen-bond acceptors (Lipinski definition) is 1. The highest BCUT2D eigenvalue weighted by Gasteiger charge is 2.16. The molecule has 13 heavy (non-hydrogen) atoms. The minimum atomic E-state index is -2.52. The molecule has 2 nitrogen and oxygen atoms in total. The highest BCUT2D eigenvalue weighted by Crippen LogP contribution is 2.21. The van der Waals surface area contributed by atoms with E-state index in [9.17, 15) is 8.78 Å². The molecule has 0 fully saturated rings. The molecular weight excluding hydrogens is 174 g/mol. The maximum Gasteiger partial charge on any atom is 0.282 e. The zero-order valence-corrected chi connectivity index (χ0v) is 7.30. The highest BCUT2D eigenvalue weighted by atomic mass is 19.3. The van der Waals surface area contributed by atoms with Gasteiger partial charge in [0, 0.05) is 25.2 Å². The van der Waals surface area contributed by atoms with Crippen LogP contribution in [-0.2, 0) is 13.5 Å². The average Bonchev–Trinajstić information content (AvgIpc) is 2.43. The van der Waals surface area contributed by atoms with E-state index < -0.39 is 6.43 Å². The molecule has 0 aliphatic heterocycles. The van der Waals surface area contributed by atoms with Crippen LogP contribution >= 0.6 is 0 Å². The molecule has 0 aliphatic rings. The lowest BCUT2D eigenvalue weighted by Crippen LogP contribution is -1.93. The van der Waals surface area contributed by atoms with Crippen molar-refractivity contribution in [3.8, 4) is 12.3 Å². The lowest BCUT2D eigenvalue weighted by atomic mass is 10.1. The van der Waals surface area contributed by atoms with Gasteiger partial charge in [0.05, 0.1) is 0 Å². The number of aromatic nitrogens is 2. The molecule has 1 heterocycles. The van der Waals surface area contributed by atoms with Gasteiger partial charge in [-0.25, -0.2) is 8.78 Å². The van der Waals surface area contributed by atoms with E-state index in [-0.39, 0.29) is 5.69 Å². The summed E-state index contributed by atoms with van der Waals surface area (Å²) >= 11 is 0. The van der Waals surface area contributed by atoms with E-state index in [1.807, 2.05) is 0 Å². The molecule has 0 N–H and O–H groups in total. The molecule has 0 spiro atoms. The van der Waals surface area contributed by atoms with E-state index in [0.717, 1.165) is 0 Å². The lowest BCUT2D eigenvalue weighted by molar-refractivity contribution is 0.144. The molecule has 0 bridgehead atoms. The van der Waals surface area contributed by atoms with Crippen molar-refractivity contribution in [3.63, 3.8) is 0 Å². The standard InChI is InChI=1S/C9H10F2N2/c1-3-4-5-7-6-13(2)12-8(7)9(10)11/h1,6,9H,4-5H2,2H3. The first kappa shape index (κ1) is 9.72. The molecule has 70 valence electrons. The molecule has 0 aromatic carbocycles. The van der Waals surface area contributed by atoms with Crippen molar-refractivity contribution < 1.29 is 8.78 Å². The Labute approximate surface area is 75.6 Å². The Morgan fingerprint density at radius 2 is 2.38 bits per heavy atom. The second kappa shape index (κ2) is 4.04. The van der Waals surface area contributed by atoms with Gasteiger partial charge in [0.25, 0.3) is 6.43 Å². The van der Waals surface area contributed by atoms with Crippen molar-refractivity contribution >= 4 is 0 Å². The Morgan fingerprint density at radius 1 is 1.69 bits per heavy atom. The molecule has 0 saturated heterocycles. The Kier molecular flexibility index (Phi) is 3.02. The van der Waals surface area contributed by atoms with E-state index in [4.69, 9.17) is 6.42 Å². The number of halogens is 2. The third kappa shape index (κ3) is 2.28. The molecule has 1 aromatic heterocycles. The van der Waals surface area contributed by atoms with Crippen molar-refractivity contribution in [1.82, 2.24) is 9.78 Å². The number of aryl methyl sites for hydroxylation is 2. The fourth-order valence-corrected chi connectivity index (χ4v) is 1.14. The predicted molar refractivity (Wildman–Crippen MR) is 45.3 cm³/mol. The van der Waals surface area contributed by atoms with Gasteiger partial charge in [-0.1, -0.05) is 0 Å². The van der Waals surface area contributed by atoms with E-state index in [1.54, 1.807) is 13.2 Å². The second-order valence-electron chi connectivity index (χ2n) is 2.72. The zero-order valence-electron chi connectivity index (χ0n) is 7.30. The number of alkyl halides is 2. The summed E-state index contributed by atoms with van der Waals surface area (Å²) in [5.74, 6) is 2.41. The van der Waals surface area contributed by atoms with Gasteiger partial charge < -0.3 is 0 Å². The lowest BCUT2D eigenvalue weighted by Gasteiger charge is -1.96. The summed E-state index contributed by atoms with van der Waals surface area (Å²) in [6, 6.07) is 0. The van der Waals surface area contributed by atoms with E-state index in [1.165, 1.54) is 4.68 Å². The number of nitrogens with zero attached hydrogens (tertiary/aromatic N) is 2. The molecule has 0 radical (unpaired) electrons. The third-order valence-electron chi connectivity index (χ3n) is 1.68. The Balaban J connectivity index is 2.86. The minimum Gasteiger partial charge on any atom is -0.275 e. The van der Waals surface area contributed by atoms with E-state index in [0.29, 0.717) is 18.4 Å². The molecule has 0 atom stereocenters. The molecule has 1 aromatic rings. The molecule has 4 heteroatoms. The summed E-state index contributed by atoms with van der Waals surface area (Å²) in [5.41, 5.74) is 0.383. The van der Waals surface area contributed by atoms with Crippen LogP contribution in [-0.4, -0.2) is 9.78 Å². The van der Waals surface area contributed by atoms with Crippen molar-refractivity contribution in [2.75, 3.05) is 0 Å². The third-order valence-corrected chi connectivity index (χ3v) is 1.68. The summed E-state index contributed by atoms with van der Waals surface area (Å²) < 4.78 is 26.1. The normalized spacial score (nSPS) is 10.4. The molecule has 1 rings (SSSR count). The van der Waals surface area contributed by atoms with E-state index >= 15 is 0 Å². The predicted octanol–water partition coefficient (Wildman–Crippen LogP) is 1.92. The van der Waals surface area contributed by atoms with Crippen LogP contribution in [0.4, 0.5) is 8.78 Å². The number of rotatable bonds is 3. The monoisotopic (exact) mass is 184 g/mol. The van der Waals surface area contributed by atoms with Crippen LogP contribution in [0.5, 0.6) is 0 Å². The summed E-state index contributed by atoms with van der Waals surface area (Å²) in [6.45, 7) is 0. The largest absolute Gasteiger partial charge is 0.282 e. The van der Waals surface area contributed by atoms with Gasteiger partial charge in [-0.3, -0.25) is 4.68 Å². The first-order valence-electron chi connectivity index (χ1n) is 3.89. The van der Waals surface area contributed by atoms with Crippen LogP contribution in [0.3, 0.4) is 0 Å². The summed E-state index contributed by atoms with van der Waals surface area (Å²) in [6.07, 6.45) is 5.03. The summed E-state index contributed by atoms with van der Waals surface area (Å²) in [5, 5.41) is 3.66. The zero-order chi connectivity index (χ0) is 9.84. The second-order valence-corrected chi connectivity index (χ2v) is 2.72. The molecule has 0 amide bonds. The van der Waals surface area contributed by atoms with Gasteiger partial charge in [-0.05, 0) is 6.42 Å².